The molecule has 1 amide bonds. The number of carbonyl (C=O) groups excluding carboxylic acids is 1. The number of fused-ring (bicyclic) bond motifs is 1. The van der Waals surface area contributed by atoms with Crippen LogP contribution in [0.25, 0.3) is 0 Å². The fraction of sp³-hybridized carbons (Fsp3) is 0.278. The van der Waals surface area contributed by atoms with Crippen LogP contribution in [-0.4, -0.2) is 28.0 Å². The number of benzene rings is 2. The second-order valence-corrected chi connectivity index (χ2v) is 7.92. The van der Waals surface area contributed by atoms with Crippen LogP contribution in [0.15, 0.2) is 41.3 Å². The van der Waals surface area contributed by atoms with Gasteiger partial charge in [-0.15, -0.1) is 0 Å². The first-order valence-corrected chi connectivity index (χ1v) is 9.76. The Hall–Kier alpha value is -2.72. The Bertz CT molecular complexity index is 1010. The van der Waals surface area contributed by atoms with Gasteiger partial charge in [-0.2, -0.15) is 8.78 Å². The van der Waals surface area contributed by atoms with Gasteiger partial charge in [0, 0.05) is 12.2 Å². The molecule has 10 heteroatoms. The maximum atomic E-state index is 12.6. The first kappa shape index (κ1) is 20.0. The molecule has 2 aromatic carbocycles. The molecule has 2 N–H and O–H groups in total. The number of halogens is 2. The van der Waals surface area contributed by atoms with Gasteiger partial charge in [0.05, 0.1) is 17.9 Å². The number of amides is 1. The van der Waals surface area contributed by atoms with E-state index in [1.54, 1.807) is 13.0 Å². The van der Waals surface area contributed by atoms with Gasteiger partial charge in [0.25, 0.3) is 0 Å². The summed E-state index contributed by atoms with van der Waals surface area (Å²) in [6.45, 7) is -1.39. The highest BCUT2D eigenvalue weighted by molar-refractivity contribution is 7.89. The van der Waals surface area contributed by atoms with Crippen LogP contribution in [0.2, 0.25) is 0 Å². The lowest BCUT2D eigenvalue weighted by molar-refractivity contribution is -0.116. The monoisotopic (exact) mass is 412 g/mol. The van der Waals surface area contributed by atoms with Crippen LogP contribution >= 0.6 is 0 Å². The number of hydrogen-bond acceptors (Lipinski definition) is 5. The first-order valence-electron chi connectivity index (χ1n) is 8.27. The minimum Gasteiger partial charge on any atom is -0.493 e. The highest BCUT2D eigenvalue weighted by atomic mass is 32.2. The lowest BCUT2D eigenvalue weighted by atomic mass is 10.0. The quantitative estimate of drug-likeness (QED) is 0.730. The molecule has 0 saturated heterocycles. The SMILES string of the molecule is COc1cc(CNS(=O)(=O)c2ccc3c(c2)[C@H](C)C(=O)N3)ccc1OC(F)F. The summed E-state index contributed by atoms with van der Waals surface area (Å²) in [6.07, 6.45) is 0. The van der Waals surface area contributed by atoms with Crippen LogP contribution < -0.4 is 19.5 Å². The average Bonchev–Trinajstić information content (AvgIpc) is 2.94. The van der Waals surface area contributed by atoms with E-state index in [-0.39, 0.29) is 28.8 Å². The summed E-state index contributed by atoms with van der Waals surface area (Å²) in [5.74, 6) is -0.700. The molecule has 1 atom stereocenters. The molecule has 0 bridgehead atoms. The Kier molecular flexibility index (Phi) is 5.52. The summed E-state index contributed by atoms with van der Waals surface area (Å²) in [5.41, 5.74) is 1.70. The summed E-state index contributed by atoms with van der Waals surface area (Å²) in [6, 6.07) is 8.55. The highest BCUT2D eigenvalue weighted by Gasteiger charge is 2.28. The Morgan fingerprint density at radius 3 is 2.61 bits per heavy atom. The lowest BCUT2D eigenvalue weighted by Crippen LogP contribution is -2.23. The van der Waals surface area contributed by atoms with E-state index < -0.39 is 22.6 Å². The van der Waals surface area contributed by atoms with Crippen molar-refractivity contribution in [3.63, 3.8) is 0 Å². The molecule has 0 unspecified atom stereocenters. The summed E-state index contributed by atoms with van der Waals surface area (Å²) < 4.78 is 61.7. The van der Waals surface area contributed by atoms with Crippen molar-refractivity contribution in [2.45, 2.75) is 30.9 Å². The van der Waals surface area contributed by atoms with E-state index in [0.717, 1.165) is 0 Å². The van der Waals surface area contributed by atoms with Gasteiger partial charge < -0.3 is 14.8 Å². The molecule has 150 valence electrons. The number of alkyl halides is 2. The van der Waals surface area contributed by atoms with Crippen LogP contribution in [0.5, 0.6) is 11.5 Å². The molecule has 2 aromatic rings. The number of ether oxygens (including phenoxy) is 2. The number of carbonyl (C=O) groups is 1. The van der Waals surface area contributed by atoms with Crippen molar-refractivity contribution < 1.29 is 31.5 Å². The standard InChI is InChI=1S/C18H18F2N2O5S/c1-10-13-8-12(4-5-14(13)22-17(10)23)28(24,25)21-9-11-3-6-15(27-18(19)20)16(7-11)26-2/h3-8,10,18,21H,9H2,1-2H3,(H,22,23)/t10-/m0/s1. The summed E-state index contributed by atoms with van der Waals surface area (Å²) in [4.78, 5) is 11.7. The summed E-state index contributed by atoms with van der Waals surface area (Å²) >= 11 is 0. The number of rotatable bonds is 7. The van der Waals surface area contributed by atoms with Gasteiger partial charge >= 0.3 is 6.61 Å². The molecule has 28 heavy (non-hydrogen) atoms. The molecule has 0 fully saturated rings. The highest BCUT2D eigenvalue weighted by Crippen LogP contribution is 2.34. The Labute approximate surface area is 160 Å². The minimum absolute atomic E-state index is 0.0271. The predicted octanol–water partition coefficient (Wildman–Crippen LogP) is 2.83. The second kappa shape index (κ2) is 7.72. The molecular weight excluding hydrogens is 394 g/mol. The third kappa shape index (κ3) is 4.07. The van der Waals surface area contributed by atoms with Crippen molar-refractivity contribution in [1.29, 1.82) is 0 Å². The zero-order valence-corrected chi connectivity index (χ0v) is 15.8. The smallest absolute Gasteiger partial charge is 0.387 e. The molecule has 0 aromatic heterocycles. The molecule has 0 saturated carbocycles. The van der Waals surface area contributed by atoms with Crippen molar-refractivity contribution in [2.24, 2.45) is 0 Å². The number of methoxy groups -OCH3 is 1. The number of hydrogen-bond donors (Lipinski definition) is 2. The molecule has 1 aliphatic rings. The molecule has 0 radical (unpaired) electrons. The van der Waals surface area contributed by atoms with Crippen molar-refractivity contribution in [2.75, 3.05) is 12.4 Å². The maximum Gasteiger partial charge on any atom is 0.387 e. The van der Waals surface area contributed by atoms with Crippen molar-refractivity contribution >= 4 is 21.6 Å². The van der Waals surface area contributed by atoms with Gasteiger partial charge in [0.15, 0.2) is 11.5 Å². The van der Waals surface area contributed by atoms with E-state index in [2.05, 4.69) is 14.8 Å². The van der Waals surface area contributed by atoms with Crippen molar-refractivity contribution in [3.05, 3.63) is 47.5 Å². The Morgan fingerprint density at radius 1 is 1.18 bits per heavy atom. The fourth-order valence-electron chi connectivity index (χ4n) is 2.84. The van der Waals surface area contributed by atoms with Gasteiger partial charge in [-0.3, -0.25) is 4.79 Å². The van der Waals surface area contributed by atoms with Crippen molar-refractivity contribution in [3.8, 4) is 11.5 Å². The second-order valence-electron chi connectivity index (χ2n) is 6.15. The molecule has 0 spiro atoms. The topological polar surface area (TPSA) is 93.7 Å². The third-order valence-electron chi connectivity index (χ3n) is 4.36. The number of sulfonamides is 1. The molecular formula is C18H18F2N2O5S. The molecule has 1 aliphatic heterocycles. The fourth-order valence-corrected chi connectivity index (χ4v) is 3.89. The van der Waals surface area contributed by atoms with E-state index in [4.69, 9.17) is 4.74 Å². The zero-order valence-electron chi connectivity index (χ0n) is 15.0. The molecule has 7 nitrogen and oxygen atoms in total. The number of anilines is 1. The van der Waals surface area contributed by atoms with Crippen LogP contribution in [0.3, 0.4) is 0 Å². The molecule has 0 aliphatic carbocycles. The zero-order chi connectivity index (χ0) is 20.5. The summed E-state index contributed by atoms with van der Waals surface area (Å²) in [7, 11) is -2.56. The molecule has 3 rings (SSSR count). The van der Waals surface area contributed by atoms with E-state index >= 15 is 0 Å². The van der Waals surface area contributed by atoms with Crippen LogP contribution in [0.1, 0.15) is 24.0 Å². The van der Waals surface area contributed by atoms with Gasteiger partial charge in [-0.05, 0) is 48.4 Å². The average molecular weight is 412 g/mol. The summed E-state index contributed by atoms with van der Waals surface area (Å²) in [5, 5.41) is 2.68. The predicted molar refractivity (Wildman–Crippen MR) is 97.1 cm³/mol. The van der Waals surface area contributed by atoms with Crippen LogP contribution in [0, 0.1) is 0 Å². The van der Waals surface area contributed by atoms with Crippen LogP contribution in [-0.2, 0) is 21.4 Å². The van der Waals surface area contributed by atoms with Crippen LogP contribution in [0.4, 0.5) is 14.5 Å². The van der Waals surface area contributed by atoms with Gasteiger partial charge in [-0.25, -0.2) is 13.1 Å². The Morgan fingerprint density at radius 2 is 1.93 bits per heavy atom. The minimum atomic E-state index is -3.85. The Balaban J connectivity index is 1.76. The van der Waals surface area contributed by atoms with Gasteiger partial charge in [0.1, 0.15) is 0 Å². The maximum absolute atomic E-state index is 12.6. The van der Waals surface area contributed by atoms with E-state index in [1.165, 1.54) is 37.4 Å². The molecule has 1 heterocycles. The lowest BCUT2D eigenvalue weighted by Gasteiger charge is -2.12. The van der Waals surface area contributed by atoms with Gasteiger partial charge in [-0.1, -0.05) is 6.07 Å². The van der Waals surface area contributed by atoms with Crippen molar-refractivity contribution in [1.82, 2.24) is 4.72 Å². The normalized spacial score (nSPS) is 16.0. The first-order chi connectivity index (χ1) is 13.2. The van der Waals surface area contributed by atoms with E-state index in [0.29, 0.717) is 16.8 Å². The van der Waals surface area contributed by atoms with Gasteiger partial charge in [0.2, 0.25) is 15.9 Å². The van der Waals surface area contributed by atoms with E-state index in [9.17, 15) is 22.0 Å². The third-order valence-corrected chi connectivity index (χ3v) is 5.76. The van der Waals surface area contributed by atoms with E-state index in [1.807, 2.05) is 0 Å². The largest absolute Gasteiger partial charge is 0.493 e. The number of nitrogens with one attached hydrogen (secondary N) is 2.